The number of halogens is 1. The minimum absolute atomic E-state index is 0.169. The number of hydrogen-bond acceptors (Lipinski definition) is 3. The molecule has 15 heavy (non-hydrogen) atoms. The second kappa shape index (κ2) is 4.96. The summed E-state index contributed by atoms with van der Waals surface area (Å²) in [6.07, 6.45) is -0.716. The van der Waals surface area contributed by atoms with Crippen LogP contribution >= 0.6 is 11.6 Å². The van der Waals surface area contributed by atoms with Crippen LogP contribution in [0.1, 0.15) is 6.92 Å². The molecule has 3 nitrogen and oxygen atoms in total. The van der Waals surface area contributed by atoms with Gasteiger partial charge >= 0.3 is 0 Å². The van der Waals surface area contributed by atoms with Crippen LogP contribution in [0.5, 0.6) is 0 Å². The number of hydrogen-bond donors (Lipinski definition) is 2. The average molecular weight is 225 g/mol. The van der Waals surface area contributed by atoms with Crippen LogP contribution in [0.4, 0.5) is 11.4 Å². The highest BCUT2D eigenvalue weighted by Crippen LogP contribution is 2.22. The third kappa shape index (κ3) is 3.08. The summed E-state index contributed by atoms with van der Waals surface area (Å²) in [7, 11) is 0. The van der Waals surface area contributed by atoms with Crippen molar-refractivity contribution in [2.24, 2.45) is 4.99 Å². The van der Waals surface area contributed by atoms with E-state index in [0.29, 0.717) is 16.9 Å². The van der Waals surface area contributed by atoms with Crippen LogP contribution in [-0.2, 0) is 0 Å². The molecule has 1 unspecified atom stereocenters. The van der Waals surface area contributed by atoms with Crippen LogP contribution in [0.25, 0.3) is 0 Å². The van der Waals surface area contributed by atoms with Gasteiger partial charge in [0.15, 0.2) is 0 Å². The number of rotatable bonds is 3. The van der Waals surface area contributed by atoms with E-state index < -0.39 is 6.10 Å². The third-order valence-corrected chi connectivity index (χ3v) is 2.25. The van der Waals surface area contributed by atoms with Crippen molar-refractivity contribution in [1.82, 2.24) is 0 Å². The fraction of sp³-hybridized carbons (Fsp3) is 0.182. The van der Waals surface area contributed by atoms with E-state index in [2.05, 4.69) is 11.6 Å². The Morgan fingerprint density at radius 3 is 2.67 bits per heavy atom. The summed E-state index contributed by atoms with van der Waals surface area (Å²) in [5.41, 5.74) is 7.17. The number of aliphatic imine (C=N–C) groups is 1. The summed E-state index contributed by atoms with van der Waals surface area (Å²) in [6.45, 7) is 5.20. The van der Waals surface area contributed by atoms with E-state index in [1.165, 1.54) is 0 Å². The summed E-state index contributed by atoms with van der Waals surface area (Å²) in [5, 5.41) is 9.41. The van der Waals surface area contributed by atoms with Crippen molar-refractivity contribution < 1.29 is 5.11 Å². The van der Waals surface area contributed by atoms with Crippen molar-refractivity contribution in [3.8, 4) is 0 Å². The zero-order chi connectivity index (χ0) is 11.4. The Bertz CT molecular complexity index is 399. The van der Waals surface area contributed by atoms with E-state index >= 15 is 0 Å². The van der Waals surface area contributed by atoms with Crippen molar-refractivity contribution in [3.63, 3.8) is 0 Å². The minimum Gasteiger partial charge on any atom is -0.397 e. The second-order valence-electron chi connectivity index (χ2n) is 3.16. The molecule has 0 saturated carbocycles. The predicted molar refractivity (Wildman–Crippen MR) is 64.6 cm³/mol. The molecule has 1 rings (SSSR count). The summed E-state index contributed by atoms with van der Waals surface area (Å²) in [4.78, 5) is 4.08. The van der Waals surface area contributed by atoms with Crippen molar-refractivity contribution in [2.45, 2.75) is 13.0 Å². The maximum Gasteiger partial charge on any atom is 0.135 e. The van der Waals surface area contributed by atoms with Crippen molar-refractivity contribution in [1.29, 1.82) is 0 Å². The second-order valence-corrected chi connectivity index (χ2v) is 3.52. The van der Waals surface area contributed by atoms with Gasteiger partial charge in [0.05, 0.1) is 17.5 Å². The molecule has 0 aliphatic heterocycles. The fourth-order valence-electron chi connectivity index (χ4n) is 0.939. The summed E-state index contributed by atoms with van der Waals surface area (Å²) in [5.74, 6) is 0. The van der Waals surface area contributed by atoms with E-state index in [4.69, 9.17) is 17.3 Å². The molecule has 1 atom stereocenters. The number of aliphatic hydroxyl groups excluding tert-OH is 1. The molecular formula is C11H13ClN2O. The van der Waals surface area contributed by atoms with Crippen LogP contribution in [0.3, 0.4) is 0 Å². The lowest BCUT2D eigenvalue weighted by Gasteiger charge is -2.06. The van der Waals surface area contributed by atoms with E-state index in [1.54, 1.807) is 19.1 Å². The molecular weight excluding hydrogens is 212 g/mol. The number of nitrogens with two attached hydrogens (primary N) is 1. The van der Waals surface area contributed by atoms with Crippen LogP contribution in [0.2, 0.25) is 0 Å². The molecule has 80 valence electrons. The number of anilines is 1. The molecule has 0 radical (unpaired) electrons. The first-order valence-electron chi connectivity index (χ1n) is 4.48. The lowest BCUT2D eigenvalue weighted by atomic mass is 10.2. The first kappa shape index (κ1) is 11.8. The largest absolute Gasteiger partial charge is 0.397 e. The Morgan fingerprint density at radius 1 is 1.53 bits per heavy atom. The summed E-state index contributed by atoms with van der Waals surface area (Å²) < 4.78 is 0. The standard InChI is InChI=1S/C11H13ClN2O/c1-7(8(2)15)11(12)14-10-6-4-3-5-9(10)13/h3-6,8,15H,1,13H2,2H3/b14-11+. The topological polar surface area (TPSA) is 58.6 Å². The average Bonchev–Trinajstić information content (AvgIpc) is 2.20. The van der Waals surface area contributed by atoms with Gasteiger partial charge in [-0.05, 0) is 19.1 Å². The van der Waals surface area contributed by atoms with Gasteiger partial charge in [-0.2, -0.15) is 0 Å². The molecule has 1 aromatic rings. The normalized spacial score (nSPS) is 13.7. The Hall–Kier alpha value is -1.32. The van der Waals surface area contributed by atoms with Gasteiger partial charge in [0, 0.05) is 5.57 Å². The van der Waals surface area contributed by atoms with E-state index in [9.17, 15) is 5.11 Å². The van der Waals surface area contributed by atoms with E-state index in [1.807, 2.05) is 12.1 Å². The Balaban J connectivity index is 2.98. The predicted octanol–water partition coefficient (Wildman–Crippen LogP) is 2.47. The monoisotopic (exact) mass is 224 g/mol. The third-order valence-electron chi connectivity index (χ3n) is 1.92. The van der Waals surface area contributed by atoms with Gasteiger partial charge in [-0.15, -0.1) is 0 Å². The highest BCUT2D eigenvalue weighted by atomic mass is 35.5. The lowest BCUT2D eigenvalue weighted by Crippen LogP contribution is -2.08. The highest BCUT2D eigenvalue weighted by molar-refractivity contribution is 6.69. The Kier molecular flexibility index (Phi) is 3.88. The fourth-order valence-corrected chi connectivity index (χ4v) is 1.19. The van der Waals surface area contributed by atoms with Gasteiger partial charge in [0.2, 0.25) is 0 Å². The molecule has 0 heterocycles. The van der Waals surface area contributed by atoms with Gasteiger partial charge < -0.3 is 10.8 Å². The van der Waals surface area contributed by atoms with Gasteiger partial charge in [0.1, 0.15) is 5.17 Å². The zero-order valence-corrected chi connectivity index (χ0v) is 9.20. The highest BCUT2D eigenvalue weighted by Gasteiger charge is 2.08. The molecule has 3 N–H and O–H groups in total. The quantitative estimate of drug-likeness (QED) is 0.612. The van der Waals surface area contributed by atoms with Crippen LogP contribution in [0, 0.1) is 0 Å². The first-order valence-corrected chi connectivity index (χ1v) is 4.86. The Labute approximate surface area is 93.9 Å². The molecule has 0 aliphatic rings. The van der Waals surface area contributed by atoms with Gasteiger partial charge in [0.25, 0.3) is 0 Å². The molecule has 4 heteroatoms. The first-order chi connectivity index (χ1) is 7.02. The van der Waals surface area contributed by atoms with E-state index in [-0.39, 0.29) is 5.17 Å². The molecule has 1 aromatic carbocycles. The van der Waals surface area contributed by atoms with Gasteiger partial charge in [-0.25, -0.2) is 4.99 Å². The number of benzene rings is 1. The zero-order valence-electron chi connectivity index (χ0n) is 8.44. The molecule has 0 spiro atoms. The maximum absolute atomic E-state index is 9.24. The van der Waals surface area contributed by atoms with Crippen LogP contribution in [0.15, 0.2) is 41.4 Å². The van der Waals surface area contributed by atoms with Crippen molar-refractivity contribution in [3.05, 3.63) is 36.4 Å². The van der Waals surface area contributed by atoms with Crippen molar-refractivity contribution >= 4 is 28.1 Å². The number of nitrogens with zero attached hydrogens (tertiary/aromatic N) is 1. The molecule has 0 bridgehead atoms. The summed E-state index contributed by atoms with van der Waals surface area (Å²) in [6, 6.07) is 7.09. The molecule has 0 amide bonds. The SMILES string of the molecule is C=C(/C(Cl)=N\c1ccccc1N)C(C)O. The van der Waals surface area contributed by atoms with Gasteiger partial charge in [-0.1, -0.05) is 30.3 Å². The van der Waals surface area contributed by atoms with Crippen LogP contribution in [-0.4, -0.2) is 16.4 Å². The van der Waals surface area contributed by atoms with Gasteiger partial charge in [-0.3, -0.25) is 0 Å². The molecule has 0 fully saturated rings. The van der Waals surface area contributed by atoms with Crippen LogP contribution < -0.4 is 5.73 Å². The minimum atomic E-state index is -0.716. The lowest BCUT2D eigenvalue weighted by molar-refractivity contribution is 0.238. The molecule has 0 aromatic heterocycles. The molecule has 0 aliphatic carbocycles. The van der Waals surface area contributed by atoms with E-state index in [0.717, 1.165) is 0 Å². The number of nitrogen functional groups attached to an aromatic ring is 1. The molecule has 0 saturated heterocycles. The summed E-state index contributed by atoms with van der Waals surface area (Å²) >= 11 is 5.87. The number of aliphatic hydroxyl groups is 1. The smallest absolute Gasteiger partial charge is 0.135 e. The Morgan fingerprint density at radius 2 is 2.13 bits per heavy atom. The van der Waals surface area contributed by atoms with Crippen molar-refractivity contribution in [2.75, 3.05) is 5.73 Å². The number of para-hydroxylation sites is 2. The maximum atomic E-state index is 9.24.